The minimum absolute atomic E-state index is 0.195. The van der Waals surface area contributed by atoms with Crippen molar-refractivity contribution in [3.63, 3.8) is 0 Å². The Labute approximate surface area is 120 Å². The Balaban J connectivity index is 1.69. The van der Waals surface area contributed by atoms with Crippen LogP contribution in [0.2, 0.25) is 0 Å². The maximum absolute atomic E-state index is 12.0. The normalized spacial score (nSPS) is 10.4. The van der Waals surface area contributed by atoms with Gasteiger partial charge >= 0.3 is 0 Å². The van der Waals surface area contributed by atoms with Gasteiger partial charge in [0.15, 0.2) is 0 Å². The predicted octanol–water partition coefficient (Wildman–Crippen LogP) is 3.33. The Morgan fingerprint density at radius 2 is 2.05 bits per heavy atom. The molecule has 20 heavy (non-hydrogen) atoms. The summed E-state index contributed by atoms with van der Waals surface area (Å²) in [6.45, 7) is 0.365. The van der Waals surface area contributed by atoms with Crippen LogP contribution in [0.5, 0.6) is 0 Å². The zero-order valence-corrected chi connectivity index (χ0v) is 11.4. The number of nitrogens with zero attached hydrogens (tertiary/aromatic N) is 1. The highest BCUT2D eigenvalue weighted by molar-refractivity contribution is 7.13. The van der Waals surface area contributed by atoms with Crippen LogP contribution >= 0.6 is 11.3 Å². The van der Waals surface area contributed by atoms with Gasteiger partial charge in [0.05, 0.1) is 12.8 Å². The second-order valence-corrected chi connectivity index (χ2v) is 5.02. The summed E-state index contributed by atoms with van der Waals surface area (Å²) in [5.74, 6) is 0.525. The summed E-state index contributed by atoms with van der Waals surface area (Å²) in [6.07, 6.45) is 1.58. The van der Waals surface area contributed by atoms with Crippen LogP contribution in [0.1, 0.15) is 16.2 Å². The predicted molar refractivity (Wildman–Crippen MR) is 77.4 cm³/mol. The third-order valence-electron chi connectivity index (χ3n) is 2.76. The molecule has 5 heteroatoms. The third kappa shape index (κ3) is 2.78. The molecule has 0 saturated heterocycles. The Morgan fingerprint density at radius 3 is 2.80 bits per heavy atom. The van der Waals surface area contributed by atoms with Gasteiger partial charge in [-0.25, -0.2) is 4.98 Å². The summed E-state index contributed by atoms with van der Waals surface area (Å²) in [5, 5.41) is 5.38. The summed E-state index contributed by atoms with van der Waals surface area (Å²) in [6, 6.07) is 13.4. The Kier molecular flexibility index (Phi) is 3.60. The van der Waals surface area contributed by atoms with Gasteiger partial charge in [-0.3, -0.25) is 4.79 Å². The van der Waals surface area contributed by atoms with Gasteiger partial charge in [0, 0.05) is 10.9 Å². The van der Waals surface area contributed by atoms with Crippen LogP contribution in [0.15, 0.2) is 58.5 Å². The number of carbonyl (C=O) groups excluding carboxylic acids is 1. The van der Waals surface area contributed by atoms with Gasteiger partial charge in [0.1, 0.15) is 16.5 Å². The van der Waals surface area contributed by atoms with E-state index >= 15 is 0 Å². The van der Waals surface area contributed by atoms with Crippen molar-refractivity contribution in [2.75, 3.05) is 0 Å². The second-order valence-electron chi connectivity index (χ2n) is 4.17. The number of amides is 1. The van der Waals surface area contributed by atoms with Gasteiger partial charge in [0.25, 0.3) is 5.91 Å². The topological polar surface area (TPSA) is 55.1 Å². The van der Waals surface area contributed by atoms with Crippen LogP contribution in [-0.2, 0) is 6.54 Å². The van der Waals surface area contributed by atoms with Crippen molar-refractivity contribution in [3.8, 4) is 10.6 Å². The van der Waals surface area contributed by atoms with Crippen LogP contribution in [-0.4, -0.2) is 10.9 Å². The van der Waals surface area contributed by atoms with E-state index in [0.29, 0.717) is 12.2 Å². The van der Waals surface area contributed by atoms with Crippen LogP contribution < -0.4 is 5.32 Å². The van der Waals surface area contributed by atoms with E-state index in [9.17, 15) is 4.79 Å². The molecule has 0 aliphatic heterocycles. The van der Waals surface area contributed by atoms with Crippen LogP contribution in [0.25, 0.3) is 10.6 Å². The van der Waals surface area contributed by atoms with Crippen molar-refractivity contribution < 1.29 is 9.21 Å². The number of rotatable bonds is 4. The first-order valence-electron chi connectivity index (χ1n) is 6.14. The Hall–Kier alpha value is -2.40. The van der Waals surface area contributed by atoms with Crippen molar-refractivity contribution in [1.82, 2.24) is 10.3 Å². The van der Waals surface area contributed by atoms with Gasteiger partial charge in [0.2, 0.25) is 0 Å². The number of carbonyl (C=O) groups is 1. The molecule has 0 radical (unpaired) electrons. The van der Waals surface area contributed by atoms with E-state index in [1.165, 1.54) is 11.3 Å². The maximum Gasteiger partial charge on any atom is 0.271 e. The minimum atomic E-state index is -0.195. The first kappa shape index (κ1) is 12.6. The molecule has 2 aromatic heterocycles. The number of aromatic nitrogens is 1. The molecule has 4 nitrogen and oxygen atoms in total. The molecule has 3 aromatic rings. The minimum Gasteiger partial charge on any atom is -0.467 e. The lowest BCUT2D eigenvalue weighted by molar-refractivity contribution is 0.0944. The molecule has 1 amide bonds. The number of furan rings is 1. The van der Waals surface area contributed by atoms with Crippen molar-refractivity contribution in [3.05, 3.63) is 65.6 Å². The van der Waals surface area contributed by atoms with Crippen LogP contribution in [0.4, 0.5) is 0 Å². The molecule has 3 rings (SSSR count). The Bertz CT molecular complexity index is 690. The fraction of sp³-hybridized carbons (Fsp3) is 0.0667. The summed E-state index contributed by atoms with van der Waals surface area (Å²) in [4.78, 5) is 16.3. The first-order valence-corrected chi connectivity index (χ1v) is 7.02. The standard InChI is InChI=1S/C15H12N2O2S/c18-14(16-9-12-7-4-8-19-12)13-10-20-15(17-13)11-5-2-1-3-6-11/h1-8,10H,9H2,(H,16,18). The van der Waals surface area contributed by atoms with Gasteiger partial charge in [-0.05, 0) is 12.1 Å². The van der Waals surface area contributed by atoms with E-state index in [0.717, 1.165) is 16.3 Å². The van der Waals surface area contributed by atoms with E-state index in [-0.39, 0.29) is 5.91 Å². The van der Waals surface area contributed by atoms with Crippen molar-refractivity contribution in [1.29, 1.82) is 0 Å². The highest BCUT2D eigenvalue weighted by Crippen LogP contribution is 2.23. The molecule has 100 valence electrons. The lowest BCUT2D eigenvalue weighted by Gasteiger charge is -1.99. The molecule has 0 aliphatic rings. The molecule has 2 heterocycles. The van der Waals surface area contributed by atoms with Crippen molar-refractivity contribution >= 4 is 17.2 Å². The summed E-state index contributed by atoms with van der Waals surface area (Å²) in [5.41, 5.74) is 1.45. The zero-order valence-electron chi connectivity index (χ0n) is 10.6. The van der Waals surface area contributed by atoms with Gasteiger partial charge in [-0.1, -0.05) is 30.3 Å². The summed E-state index contributed by atoms with van der Waals surface area (Å²) < 4.78 is 5.16. The fourth-order valence-corrected chi connectivity index (χ4v) is 2.57. The van der Waals surface area contributed by atoms with Crippen LogP contribution in [0, 0.1) is 0 Å². The van der Waals surface area contributed by atoms with Crippen molar-refractivity contribution in [2.24, 2.45) is 0 Å². The molecule has 1 N–H and O–H groups in total. The molecule has 0 spiro atoms. The van der Waals surface area contributed by atoms with E-state index < -0.39 is 0 Å². The fourth-order valence-electron chi connectivity index (χ4n) is 1.76. The smallest absolute Gasteiger partial charge is 0.271 e. The average Bonchev–Trinajstić information content (AvgIpc) is 3.17. The SMILES string of the molecule is O=C(NCc1ccco1)c1csc(-c2ccccc2)n1. The lowest BCUT2D eigenvalue weighted by atomic mass is 10.2. The molecule has 0 fully saturated rings. The quantitative estimate of drug-likeness (QED) is 0.799. The van der Waals surface area contributed by atoms with E-state index in [4.69, 9.17) is 4.42 Å². The molecule has 0 aliphatic carbocycles. The molecule has 0 unspecified atom stereocenters. The third-order valence-corrected chi connectivity index (χ3v) is 3.65. The highest BCUT2D eigenvalue weighted by atomic mass is 32.1. The number of hydrogen-bond acceptors (Lipinski definition) is 4. The number of thiazole rings is 1. The molecule has 0 atom stereocenters. The number of hydrogen-bond donors (Lipinski definition) is 1. The molecule has 0 saturated carbocycles. The molecular weight excluding hydrogens is 272 g/mol. The van der Waals surface area contributed by atoms with Crippen molar-refractivity contribution in [2.45, 2.75) is 6.54 Å². The molecule has 1 aromatic carbocycles. The van der Waals surface area contributed by atoms with E-state index in [2.05, 4.69) is 10.3 Å². The lowest BCUT2D eigenvalue weighted by Crippen LogP contribution is -2.22. The first-order chi connectivity index (χ1) is 9.83. The number of nitrogens with one attached hydrogen (secondary N) is 1. The Morgan fingerprint density at radius 1 is 1.20 bits per heavy atom. The summed E-state index contributed by atoms with van der Waals surface area (Å²) in [7, 11) is 0. The number of benzene rings is 1. The van der Waals surface area contributed by atoms with E-state index in [1.807, 2.05) is 36.4 Å². The monoisotopic (exact) mass is 284 g/mol. The summed E-state index contributed by atoms with van der Waals surface area (Å²) >= 11 is 1.46. The van der Waals surface area contributed by atoms with Crippen LogP contribution in [0.3, 0.4) is 0 Å². The average molecular weight is 284 g/mol. The maximum atomic E-state index is 12.0. The molecular formula is C15H12N2O2S. The second kappa shape index (κ2) is 5.71. The highest BCUT2D eigenvalue weighted by Gasteiger charge is 2.11. The van der Waals surface area contributed by atoms with Gasteiger partial charge in [-0.2, -0.15) is 0 Å². The molecule has 0 bridgehead atoms. The van der Waals surface area contributed by atoms with Gasteiger partial charge in [-0.15, -0.1) is 11.3 Å². The van der Waals surface area contributed by atoms with E-state index in [1.54, 1.807) is 17.7 Å². The zero-order chi connectivity index (χ0) is 13.8. The van der Waals surface area contributed by atoms with Gasteiger partial charge < -0.3 is 9.73 Å². The largest absolute Gasteiger partial charge is 0.467 e.